The number of amides is 1. The third-order valence-corrected chi connectivity index (χ3v) is 2.94. The molecule has 1 N–H and O–H groups in total. The Morgan fingerprint density at radius 1 is 1.52 bits per heavy atom. The number of aromatic nitrogens is 2. The second-order valence-electron chi connectivity index (χ2n) is 4.48. The molecule has 0 radical (unpaired) electrons. The lowest BCUT2D eigenvalue weighted by molar-refractivity contribution is -0.385. The predicted molar refractivity (Wildman–Crippen MR) is 74.4 cm³/mol. The first-order valence-electron chi connectivity index (χ1n) is 5.97. The molecule has 1 amide bonds. The van der Waals surface area contributed by atoms with E-state index in [2.05, 4.69) is 15.5 Å². The van der Waals surface area contributed by atoms with E-state index in [1.807, 2.05) is 13.8 Å². The van der Waals surface area contributed by atoms with E-state index in [1.54, 1.807) is 6.07 Å². The van der Waals surface area contributed by atoms with Crippen molar-refractivity contribution in [3.63, 3.8) is 0 Å². The summed E-state index contributed by atoms with van der Waals surface area (Å²) in [5.41, 5.74) is -0.102. The van der Waals surface area contributed by atoms with E-state index in [0.717, 1.165) is 0 Å². The van der Waals surface area contributed by atoms with Crippen LogP contribution < -0.4 is 5.32 Å². The molecule has 9 heteroatoms. The van der Waals surface area contributed by atoms with Gasteiger partial charge in [-0.1, -0.05) is 30.6 Å². The smallest absolute Gasteiger partial charge is 0.319 e. The largest absolute Gasteiger partial charge is 0.338 e. The van der Waals surface area contributed by atoms with Gasteiger partial charge >= 0.3 is 5.69 Å². The average molecular weight is 311 g/mol. The molecule has 2 aromatic rings. The van der Waals surface area contributed by atoms with E-state index in [1.165, 1.54) is 12.3 Å². The van der Waals surface area contributed by atoms with Crippen molar-refractivity contribution >= 4 is 29.1 Å². The highest BCUT2D eigenvalue weighted by atomic mass is 35.5. The van der Waals surface area contributed by atoms with Crippen LogP contribution in [0.15, 0.2) is 22.9 Å². The van der Waals surface area contributed by atoms with Crippen molar-refractivity contribution in [2.75, 3.05) is 5.32 Å². The summed E-state index contributed by atoms with van der Waals surface area (Å²) in [5.74, 6) is -0.493. The maximum atomic E-state index is 12.1. The van der Waals surface area contributed by atoms with E-state index in [0.29, 0.717) is 5.69 Å². The van der Waals surface area contributed by atoms with Crippen molar-refractivity contribution in [2.45, 2.75) is 19.8 Å². The van der Waals surface area contributed by atoms with Gasteiger partial charge in [-0.15, -0.1) is 0 Å². The highest BCUT2D eigenvalue weighted by molar-refractivity contribution is 6.32. The second-order valence-corrected chi connectivity index (χ2v) is 4.84. The van der Waals surface area contributed by atoms with Crippen LogP contribution in [0.1, 0.15) is 35.8 Å². The minimum Gasteiger partial charge on any atom is -0.338 e. The minimum atomic E-state index is -0.760. The van der Waals surface area contributed by atoms with Crippen molar-refractivity contribution in [1.82, 2.24) is 10.1 Å². The van der Waals surface area contributed by atoms with Gasteiger partial charge in [0, 0.05) is 12.3 Å². The molecular weight excluding hydrogens is 300 g/mol. The van der Waals surface area contributed by atoms with Crippen LogP contribution in [0.4, 0.5) is 11.6 Å². The zero-order valence-corrected chi connectivity index (χ0v) is 11.9. The summed E-state index contributed by atoms with van der Waals surface area (Å²) >= 11 is 5.65. The zero-order valence-electron chi connectivity index (χ0n) is 11.2. The molecule has 0 aliphatic carbocycles. The maximum Gasteiger partial charge on any atom is 0.319 e. The monoisotopic (exact) mass is 310 g/mol. The van der Waals surface area contributed by atoms with Crippen LogP contribution in [0, 0.1) is 10.1 Å². The van der Waals surface area contributed by atoms with Crippen molar-refractivity contribution in [2.24, 2.45) is 0 Å². The van der Waals surface area contributed by atoms with Crippen LogP contribution in [-0.4, -0.2) is 21.0 Å². The molecule has 0 bridgehead atoms. The van der Waals surface area contributed by atoms with Gasteiger partial charge in [-0.2, -0.15) is 0 Å². The van der Waals surface area contributed by atoms with Gasteiger partial charge in [-0.3, -0.25) is 20.2 Å². The number of carbonyl (C=O) groups is 1. The van der Waals surface area contributed by atoms with Crippen LogP contribution in [0.5, 0.6) is 0 Å². The third-order valence-electron chi connectivity index (χ3n) is 2.66. The topological polar surface area (TPSA) is 111 Å². The number of nitro groups is 1. The number of carbonyl (C=O) groups excluding carboxylic acids is 1. The standard InChI is InChI=1S/C12H11ClN4O4/c1-6(2)8-5-9(21-16-8)15-12(18)7-3-4-14-11(13)10(7)17(19)20/h3-6H,1-2H3,(H,15,18). The van der Waals surface area contributed by atoms with E-state index in [4.69, 9.17) is 16.1 Å². The van der Waals surface area contributed by atoms with Gasteiger partial charge in [0.05, 0.1) is 10.6 Å². The highest BCUT2D eigenvalue weighted by Gasteiger charge is 2.25. The number of hydrogen-bond acceptors (Lipinski definition) is 6. The first kappa shape index (κ1) is 14.9. The molecule has 0 saturated heterocycles. The van der Waals surface area contributed by atoms with Gasteiger partial charge in [-0.25, -0.2) is 4.98 Å². The molecule has 0 atom stereocenters. The summed E-state index contributed by atoms with van der Waals surface area (Å²) in [4.78, 5) is 25.9. The Morgan fingerprint density at radius 3 is 2.81 bits per heavy atom. The van der Waals surface area contributed by atoms with E-state index < -0.39 is 16.5 Å². The van der Waals surface area contributed by atoms with Crippen molar-refractivity contribution in [3.05, 3.63) is 44.9 Å². The molecule has 110 valence electrons. The van der Waals surface area contributed by atoms with Gasteiger partial charge in [0.25, 0.3) is 5.91 Å². The molecule has 2 rings (SSSR count). The molecule has 0 fully saturated rings. The van der Waals surface area contributed by atoms with Crippen LogP contribution >= 0.6 is 11.6 Å². The SMILES string of the molecule is CC(C)c1cc(NC(=O)c2ccnc(Cl)c2[N+](=O)[O-])on1. The number of halogens is 1. The predicted octanol–water partition coefficient (Wildman–Crippen LogP) is 3.01. The average Bonchev–Trinajstić information content (AvgIpc) is 2.86. The van der Waals surface area contributed by atoms with Crippen molar-refractivity contribution in [3.8, 4) is 0 Å². The van der Waals surface area contributed by atoms with Gasteiger partial charge in [0.1, 0.15) is 5.56 Å². The molecular formula is C12H11ClN4O4. The molecule has 0 spiro atoms. The van der Waals surface area contributed by atoms with Crippen LogP contribution in [-0.2, 0) is 0 Å². The van der Waals surface area contributed by atoms with E-state index in [-0.39, 0.29) is 22.5 Å². The summed E-state index contributed by atoms with van der Waals surface area (Å²) in [7, 11) is 0. The minimum absolute atomic E-state index is 0.103. The molecule has 2 heterocycles. The lowest BCUT2D eigenvalue weighted by atomic mass is 10.1. The Labute approximate surface area is 124 Å². The fourth-order valence-corrected chi connectivity index (χ4v) is 1.81. The Morgan fingerprint density at radius 2 is 2.24 bits per heavy atom. The molecule has 0 saturated carbocycles. The highest BCUT2D eigenvalue weighted by Crippen LogP contribution is 2.27. The van der Waals surface area contributed by atoms with Crippen LogP contribution in [0.2, 0.25) is 5.15 Å². The molecule has 2 aromatic heterocycles. The maximum absolute atomic E-state index is 12.1. The molecule has 0 aliphatic rings. The zero-order chi connectivity index (χ0) is 15.6. The summed E-state index contributed by atoms with van der Waals surface area (Å²) < 4.78 is 4.95. The number of nitrogens with one attached hydrogen (secondary N) is 1. The molecule has 21 heavy (non-hydrogen) atoms. The van der Waals surface area contributed by atoms with Gasteiger partial charge in [0.2, 0.25) is 11.0 Å². The fourth-order valence-electron chi connectivity index (χ4n) is 1.58. The second kappa shape index (κ2) is 5.88. The summed E-state index contributed by atoms with van der Waals surface area (Å²) in [6.07, 6.45) is 1.21. The number of rotatable bonds is 4. The van der Waals surface area contributed by atoms with E-state index >= 15 is 0 Å². The molecule has 0 aliphatic heterocycles. The van der Waals surface area contributed by atoms with Gasteiger partial charge in [0.15, 0.2) is 0 Å². The van der Waals surface area contributed by atoms with Crippen molar-refractivity contribution < 1.29 is 14.2 Å². The molecule has 0 unspecified atom stereocenters. The Bertz CT molecular complexity index is 698. The number of pyridine rings is 1. The number of nitrogens with zero attached hydrogens (tertiary/aromatic N) is 3. The van der Waals surface area contributed by atoms with Crippen LogP contribution in [0.25, 0.3) is 0 Å². The van der Waals surface area contributed by atoms with Crippen LogP contribution in [0.3, 0.4) is 0 Å². The Hall–Kier alpha value is -2.48. The Balaban J connectivity index is 2.28. The molecule has 8 nitrogen and oxygen atoms in total. The van der Waals surface area contributed by atoms with Gasteiger partial charge in [-0.05, 0) is 12.0 Å². The quantitative estimate of drug-likeness (QED) is 0.528. The van der Waals surface area contributed by atoms with Gasteiger partial charge < -0.3 is 4.52 Å². The fraction of sp³-hybridized carbons (Fsp3) is 0.250. The van der Waals surface area contributed by atoms with Crippen molar-refractivity contribution in [1.29, 1.82) is 0 Å². The summed E-state index contributed by atoms with van der Waals surface area (Å²) in [5, 5.41) is 16.8. The first-order chi connectivity index (χ1) is 9.90. The normalized spacial score (nSPS) is 10.7. The third kappa shape index (κ3) is 3.16. The molecule has 0 aromatic carbocycles. The lowest BCUT2D eigenvalue weighted by Crippen LogP contribution is -2.14. The van der Waals surface area contributed by atoms with E-state index in [9.17, 15) is 14.9 Å². The lowest BCUT2D eigenvalue weighted by Gasteiger charge is -2.03. The Kier molecular flexibility index (Phi) is 4.18. The summed E-state index contributed by atoms with van der Waals surface area (Å²) in [6, 6.07) is 2.76. The number of hydrogen-bond donors (Lipinski definition) is 1. The summed E-state index contributed by atoms with van der Waals surface area (Å²) in [6.45, 7) is 3.83. The first-order valence-corrected chi connectivity index (χ1v) is 6.34. The number of anilines is 1.